The highest BCUT2D eigenvalue weighted by atomic mass is 79.9. The molecular weight excluding hydrogens is 406 g/mol. The summed E-state index contributed by atoms with van der Waals surface area (Å²) in [6.45, 7) is 0. The number of nitrogens with zero attached hydrogens (tertiary/aromatic N) is 3. The number of hydrogen-bond acceptors (Lipinski definition) is 5. The molecule has 0 aromatic heterocycles. The van der Waals surface area contributed by atoms with Crippen LogP contribution in [0.25, 0.3) is 0 Å². The highest BCUT2D eigenvalue weighted by Crippen LogP contribution is 2.44. The molecule has 1 aromatic carbocycles. The molecular formula is C15H16BrF4N5. The summed E-state index contributed by atoms with van der Waals surface area (Å²) in [6.07, 6.45) is -1.04. The molecule has 0 saturated heterocycles. The van der Waals surface area contributed by atoms with E-state index in [-0.39, 0.29) is 22.1 Å². The number of nitrogens with two attached hydrogens (primary N) is 2. The van der Waals surface area contributed by atoms with E-state index in [9.17, 15) is 17.6 Å². The molecule has 0 atom stereocenters. The van der Waals surface area contributed by atoms with Gasteiger partial charge >= 0.3 is 6.18 Å². The van der Waals surface area contributed by atoms with Crippen LogP contribution in [0.5, 0.6) is 0 Å². The molecule has 1 aliphatic heterocycles. The number of alkyl halides is 3. The Labute approximate surface area is 149 Å². The molecule has 1 fully saturated rings. The Morgan fingerprint density at radius 1 is 1.12 bits per heavy atom. The highest BCUT2D eigenvalue weighted by molar-refractivity contribution is 9.10. The quantitative estimate of drug-likeness (QED) is 0.678. The summed E-state index contributed by atoms with van der Waals surface area (Å²) in [5.74, 6) is -1.17. The van der Waals surface area contributed by atoms with Crippen molar-refractivity contribution in [1.82, 2.24) is 0 Å². The monoisotopic (exact) mass is 421 g/mol. The molecule has 0 radical (unpaired) electrons. The van der Waals surface area contributed by atoms with Crippen LogP contribution in [0.4, 0.5) is 23.2 Å². The average molecular weight is 422 g/mol. The zero-order valence-corrected chi connectivity index (χ0v) is 14.7. The maximum absolute atomic E-state index is 14.2. The first-order valence-corrected chi connectivity index (χ1v) is 8.49. The standard InChI is InChI=1S/C15H16BrF4N5/c16-11-9(17)6-8(15(18,19)20)7-10(11)25-13(22)23-12(21)24-14(25)4-2-1-3-5-14/h6-7H,1-5H2,(H4,21,22,23,24). The van der Waals surface area contributed by atoms with Gasteiger partial charge in [-0.3, -0.25) is 4.90 Å². The SMILES string of the molecule is NC1=NC2(CCCCC2)N(c2cc(C(F)(F)F)cc(F)c2Br)C(N)=N1. The molecule has 1 heterocycles. The van der Waals surface area contributed by atoms with E-state index in [0.717, 1.165) is 25.3 Å². The molecule has 10 heteroatoms. The lowest BCUT2D eigenvalue weighted by Gasteiger charge is -2.46. The number of aliphatic imine (C=N–C) groups is 2. The summed E-state index contributed by atoms with van der Waals surface area (Å²) in [4.78, 5) is 9.61. The van der Waals surface area contributed by atoms with Gasteiger partial charge in [0.05, 0.1) is 15.7 Å². The summed E-state index contributed by atoms with van der Waals surface area (Å²) < 4.78 is 53.4. The van der Waals surface area contributed by atoms with Crippen molar-refractivity contribution in [1.29, 1.82) is 0 Å². The Kier molecular flexibility index (Phi) is 4.42. The van der Waals surface area contributed by atoms with Crippen LogP contribution in [0.15, 0.2) is 26.6 Å². The van der Waals surface area contributed by atoms with E-state index in [2.05, 4.69) is 25.9 Å². The minimum absolute atomic E-state index is 0.0285. The normalized spacial score (nSPS) is 20.4. The molecule has 1 spiro atoms. The fourth-order valence-corrected chi connectivity index (χ4v) is 3.78. The van der Waals surface area contributed by atoms with Crippen LogP contribution >= 0.6 is 15.9 Å². The van der Waals surface area contributed by atoms with Gasteiger partial charge in [-0.25, -0.2) is 9.38 Å². The van der Waals surface area contributed by atoms with Gasteiger partial charge in [-0.1, -0.05) is 6.42 Å². The van der Waals surface area contributed by atoms with Gasteiger partial charge in [-0.2, -0.15) is 18.2 Å². The van der Waals surface area contributed by atoms with E-state index >= 15 is 0 Å². The largest absolute Gasteiger partial charge is 0.416 e. The highest BCUT2D eigenvalue weighted by Gasteiger charge is 2.44. The van der Waals surface area contributed by atoms with Gasteiger partial charge in [0.15, 0.2) is 0 Å². The molecule has 0 bridgehead atoms. The molecule has 1 aromatic rings. The van der Waals surface area contributed by atoms with Gasteiger partial charge in [0, 0.05) is 0 Å². The van der Waals surface area contributed by atoms with Gasteiger partial charge < -0.3 is 11.5 Å². The van der Waals surface area contributed by atoms with Gasteiger partial charge in [-0.15, -0.1) is 0 Å². The van der Waals surface area contributed by atoms with Crippen LogP contribution in [0.3, 0.4) is 0 Å². The zero-order valence-electron chi connectivity index (χ0n) is 13.1. The van der Waals surface area contributed by atoms with Gasteiger partial charge in [0.2, 0.25) is 11.9 Å². The molecule has 1 saturated carbocycles. The van der Waals surface area contributed by atoms with Crippen molar-refractivity contribution in [2.45, 2.75) is 43.9 Å². The number of halogens is 5. The van der Waals surface area contributed by atoms with Crippen LogP contribution in [0, 0.1) is 5.82 Å². The van der Waals surface area contributed by atoms with E-state index in [4.69, 9.17) is 11.5 Å². The maximum Gasteiger partial charge on any atom is 0.416 e. The van der Waals surface area contributed by atoms with E-state index in [1.807, 2.05) is 0 Å². The Balaban J connectivity index is 2.19. The first kappa shape index (κ1) is 18.0. The zero-order chi connectivity index (χ0) is 18.4. The summed E-state index contributed by atoms with van der Waals surface area (Å²) in [7, 11) is 0. The minimum Gasteiger partial charge on any atom is -0.369 e. The smallest absolute Gasteiger partial charge is 0.369 e. The van der Waals surface area contributed by atoms with Crippen molar-refractivity contribution < 1.29 is 17.6 Å². The number of rotatable bonds is 1. The number of anilines is 1. The molecule has 2 aliphatic rings. The van der Waals surface area contributed by atoms with E-state index < -0.39 is 23.2 Å². The number of benzene rings is 1. The molecule has 5 nitrogen and oxygen atoms in total. The van der Waals surface area contributed by atoms with Crippen molar-refractivity contribution in [2.24, 2.45) is 21.5 Å². The minimum atomic E-state index is -4.69. The third-order valence-electron chi connectivity index (χ3n) is 4.43. The third kappa shape index (κ3) is 3.19. The van der Waals surface area contributed by atoms with Crippen LogP contribution < -0.4 is 16.4 Å². The molecule has 0 amide bonds. The lowest BCUT2D eigenvalue weighted by atomic mass is 9.87. The number of hydrogen-bond donors (Lipinski definition) is 2. The van der Waals surface area contributed by atoms with Crippen LogP contribution in [0.1, 0.15) is 37.7 Å². The molecule has 0 unspecified atom stereocenters. The average Bonchev–Trinajstić information content (AvgIpc) is 2.50. The summed E-state index contributed by atoms with van der Waals surface area (Å²) >= 11 is 3.03. The van der Waals surface area contributed by atoms with Crippen molar-refractivity contribution in [3.05, 3.63) is 28.0 Å². The topological polar surface area (TPSA) is 80.0 Å². The predicted molar refractivity (Wildman–Crippen MR) is 90.6 cm³/mol. The summed E-state index contributed by atoms with van der Waals surface area (Å²) in [5.41, 5.74) is 9.58. The first-order chi connectivity index (χ1) is 11.6. The molecule has 3 rings (SSSR count). The third-order valence-corrected chi connectivity index (χ3v) is 5.21. The molecule has 25 heavy (non-hydrogen) atoms. The molecule has 4 N–H and O–H groups in total. The Hall–Kier alpha value is -1.84. The lowest BCUT2D eigenvalue weighted by molar-refractivity contribution is -0.137. The van der Waals surface area contributed by atoms with Crippen molar-refractivity contribution in [3.8, 4) is 0 Å². The molecule has 136 valence electrons. The van der Waals surface area contributed by atoms with E-state index in [1.54, 1.807) is 0 Å². The van der Waals surface area contributed by atoms with E-state index in [0.29, 0.717) is 18.9 Å². The van der Waals surface area contributed by atoms with Crippen LogP contribution in [-0.4, -0.2) is 17.6 Å². The van der Waals surface area contributed by atoms with Crippen LogP contribution in [-0.2, 0) is 6.18 Å². The first-order valence-electron chi connectivity index (χ1n) is 7.70. The van der Waals surface area contributed by atoms with Crippen LogP contribution in [0.2, 0.25) is 0 Å². The second-order valence-corrected chi connectivity index (χ2v) is 6.90. The number of guanidine groups is 2. The maximum atomic E-state index is 14.2. The van der Waals surface area contributed by atoms with E-state index in [1.165, 1.54) is 4.90 Å². The van der Waals surface area contributed by atoms with Gasteiger partial charge in [0.1, 0.15) is 11.5 Å². The fraction of sp³-hybridized carbons (Fsp3) is 0.467. The lowest BCUT2D eigenvalue weighted by Crippen LogP contribution is -2.58. The predicted octanol–water partition coefficient (Wildman–Crippen LogP) is 3.72. The fourth-order valence-electron chi connectivity index (χ4n) is 3.37. The Morgan fingerprint density at radius 2 is 1.76 bits per heavy atom. The molecule has 1 aliphatic carbocycles. The van der Waals surface area contributed by atoms with Crippen molar-refractivity contribution >= 4 is 33.5 Å². The van der Waals surface area contributed by atoms with Gasteiger partial charge in [-0.05, 0) is 53.7 Å². The van der Waals surface area contributed by atoms with Crippen molar-refractivity contribution in [2.75, 3.05) is 4.90 Å². The Morgan fingerprint density at radius 3 is 2.36 bits per heavy atom. The second-order valence-electron chi connectivity index (χ2n) is 6.11. The summed E-state index contributed by atoms with van der Waals surface area (Å²) in [5, 5.41) is 0. The van der Waals surface area contributed by atoms with Crippen molar-refractivity contribution in [3.63, 3.8) is 0 Å². The van der Waals surface area contributed by atoms with Gasteiger partial charge in [0.25, 0.3) is 0 Å². The summed E-state index contributed by atoms with van der Waals surface area (Å²) in [6, 6.07) is 1.29. The second kappa shape index (κ2) is 6.15. The Bertz CT molecular complexity index is 753.